The molecule has 2 unspecified atom stereocenters. The van der Waals surface area contributed by atoms with Gasteiger partial charge in [0, 0.05) is 25.2 Å². The molecule has 0 bridgehead atoms. The second kappa shape index (κ2) is 5.89. The molecule has 0 aromatic carbocycles. The molecule has 2 rings (SSSR count). The first-order chi connectivity index (χ1) is 8.58. The number of hydrogen-bond donors (Lipinski definition) is 1. The molecule has 18 heavy (non-hydrogen) atoms. The van der Waals surface area contributed by atoms with Gasteiger partial charge in [0.15, 0.2) is 0 Å². The fraction of sp³-hybridized carbons (Fsp3) is 0.733. The van der Waals surface area contributed by atoms with Gasteiger partial charge in [0.1, 0.15) is 5.76 Å². The van der Waals surface area contributed by atoms with Crippen LogP contribution >= 0.6 is 0 Å². The van der Waals surface area contributed by atoms with Crippen molar-refractivity contribution in [1.82, 2.24) is 10.2 Å². The lowest BCUT2D eigenvalue weighted by Gasteiger charge is -2.43. The average Bonchev–Trinajstić information content (AvgIpc) is 2.81. The molecule has 3 nitrogen and oxygen atoms in total. The van der Waals surface area contributed by atoms with Crippen molar-refractivity contribution in [2.75, 3.05) is 13.1 Å². The van der Waals surface area contributed by atoms with E-state index in [0.717, 1.165) is 25.4 Å². The minimum Gasteiger partial charge on any atom is -0.468 e. The minimum atomic E-state index is 0.593. The van der Waals surface area contributed by atoms with Crippen LogP contribution in [-0.4, -0.2) is 30.1 Å². The third-order valence-electron chi connectivity index (χ3n) is 4.00. The third kappa shape index (κ3) is 3.15. The van der Waals surface area contributed by atoms with Crippen molar-refractivity contribution in [3.63, 3.8) is 0 Å². The second-order valence-corrected chi connectivity index (χ2v) is 6.08. The summed E-state index contributed by atoms with van der Waals surface area (Å²) >= 11 is 0. The molecule has 1 aromatic rings. The van der Waals surface area contributed by atoms with E-state index in [4.69, 9.17) is 4.42 Å². The van der Waals surface area contributed by atoms with Gasteiger partial charge in [-0.2, -0.15) is 0 Å². The Bertz CT molecular complexity index is 345. The standard InChI is InChI=1S/C15H26N2O/c1-11(2)14-10-17(9-13-6-5-7-18-13)15(8-16-14)12(3)4/h5-7,11-12,14-16H,8-10H2,1-4H3. The molecule has 1 fully saturated rings. The molecule has 1 aromatic heterocycles. The van der Waals surface area contributed by atoms with Crippen molar-refractivity contribution >= 4 is 0 Å². The summed E-state index contributed by atoms with van der Waals surface area (Å²) in [6.07, 6.45) is 1.77. The van der Waals surface area contributed by atoms with Crippen LogP contribution in [0.4, 0.5) is 0 Å². The molecular weight excluding hydrogens is 224 g/mol. The van der Waals surface area contributed by atoms with Crippen LogP contribution in [0.15, 0.2) is 22.8 Å². The maximum Gasteiger partial charge on any atom is 0.117 e. The lowest BCUT2D eigenvalue weighted by atomic mass is 9.94. The Morgan fingerprint density at radius 3 is 2.67 bits per heavy atom. The molecule has 2 atom stereocenters. The van der Waals surface area contributed by atoms with Crippen molar-refractivity contribution in [3.05, 3.63) is 24.2 Å². The summed E-state index contributed by atoms with van der Waals surface area (Å²) in [6, 6.07) is 5.24. The molecule has 0 saturated carbocycles. The molecule has 0 spiro atoms. The van der Waals surface area contributed by atoms with Gasteiger partial charge < -0.3 is 9.73 Å². The summed E-state index contributed by atoms with van der Waals surface area (Å²) in [7, 11) is 0. The summed E-state index contributed by atoms with van der Waals surface area (Å²) in [6.45, 7) is 12.3. The predicted molar refractivity (Wildman–Crippen MR) is 74.4 cm³/mol. The topological polar surface area (TPSA) is 28.4 Å². The lowest BCUT2D eigenvalue weighted by Crippen LogP contribution is -2.59. The first kappa shape index (κ1) is 13.6. The highest BCUT2D eigenvalue weighted by Gasteiger charge is 2.31. The number of piperazine rings is 1. The van der Waals surface area contributed by atoms with Gasteiger partial charge in [-0.1, -0.05) is 27.7 Å². The van der Waals surface area contributed by atoms with Crippen molar-refractivity contribution in [1.29, 1.82) is 0 Å². The monoisotopic (exact) mass is 250 g/mol. The molecule has 2 heterocycles. The van der Waals surface area contributed by atoms with E-state index in [-0.39, 0.29) is 0 Å². The smallest absolute Gasteiger partial charge is 0.117 e. The van der Waals surface area contributed by atoms with Crippen molar-refractivity contribution in [2.24, 2.45) is 11.8 Å². The minimum absolute atomic E-state index is 0.593. The van der Waals surface area contributed by atoms with Crippen LogP contribution in [0.3, 0.4) is 0 Å². The van der Waals surface area contributed by atoms with E-state index in [0.29, 0.717) is 23.9 Å². The second-order valence-electron chi connectivity index (χ2n) is 6.08. The predicted octanol–water partition coefficient (Wildman–Crippen LogP) is 2.73. The van der Waals surface area contributed by atoms with Crippen LogP contribution in [0.5, 0.6) is 0 Å². The summed E-state index contributed by atoms with van der Waals surface area (Å²) < 4.78 is 5.50. The maximum absolute atomic E-state index is 5.50. The molecule has 1 N–H and O–H groups in total. The molecule has 3 heteroatoms. The van der Waals surface area contributed by atoms with Crippen LogP contribution in [0.1, 0.15) is 33.5 Å². The number of furan rings is 1. The number of rotatable bonds is 4. The van der Waals surface area contributed by atoms with Crippen LogP contribution in [0.2, 0.25) is 0 Å². The van der Waals surface area contributed by atoms with E-state index >= 15 is 0 Å². The van der Waals surface area contributed by atoms with E-state index < -0.39 is 0 Å². The van der Waals surface area contributed by atoms with E-state index in [2.05, 4.69) is 44.0 Å². The van der Waals surface area contributed by atoms with Gasteiger partial charge in [-0.05, 0) is 24.0 Å². The third-order valence-corrected chi connectivity index (χ3v) is 4.00. The van der Waals surface area contributed by atoms with Gasteiger partial charge in [-0.15, -0.1) is 0 Å². The van der Waals surface area contributed by atoms with Gasteiger partial charge in [-0.25, -0.2) is 0 Å². The van der Waals surface area contributed by atoms with Crippen LogP contribution in [0.25, 0.3) is 0 Å². The van der Waals surface area contributed by atoms with Gasteiger partial charge in [0.05, 0.1) is 12.8 Å². The van der Waals surface area contributed by atoms with Gasteiger partial charge in [-0.3, -0.25) is 4.90 Å². The Kier molecular flexibility index (Phi) is 4.46. The zero-order valence-electron chi connectivity index (χ0n) is 12.0. The Morgan fingerprint density at radius 2 is 2.11 bits per heavy atom. The number of nitrogens with one attached hydrogen (secondary N) is 1. The molecule has 0 radical (unpaired) electrons. The highest BCUT2D eigenvalue weighted by molar-refractivity contribution is 5.00. The fourth-order valence-corrected chi connectivity index (χ4v) is 2.74. The summed E-state index contributed by atoms with van der Waals surface area (Å²) in [5.74, 6) is 2.42. The van der Waals surface area contributed by atoms with Gasteiger partial charge >= 0.3 is 0 Å². The Balaban J connectivity index is 2.04. The molecule has 1 aliphatic rings. The molecule has 1 saturated heterocycles. The number of nitrogens with zero attached hydrogens (tertiary/aromatic N) is 1. The van der Waals surface area contributed by atoms with E-state index in [9.17, 15) is 0 Å². The highest BCUT2D eigenvalue weighted by Crippen LogP contribution is 2.20. The van der Waals surface area contributed by atoms with Crippen LogP contribution < -0.4 is 5.32 Å². The largest absolute Gasteiger partial charge is 0.468 e. The molecule has 1 aliphatic heterocycles. The first-order valence-corrected chi connectivity index (χ1v) is 7.07. The number of hydrogen-bond acceptors (Lipinski definition) is 3. The fourth-order valence-electron chi connectivity index (χ4n) is 2.74. The normalized spacial score (nSPS) is 26.1. The summed E-state index contributed by atoms with van der Waals surface area (Å²) in [5.41, 5.74) is 0. The van der Waals surface area contributed by atoms with E-state index in [1.54, 1.807) is 6.26 Å². The molecular formula is C15H26N2O. The van der Waals surface area contributed by atoms with Crippen molar-refractivity contribution in [2.45, 2.75) is 46.3 Å². The first-order valence-electron chi connectivity index (χ1n) is 7.07. The van der Waals surface area contributed by atoms with Gasteiger partial charge in [0.2, 0.25) is 0 Å². The summed E-state index contributed by atoms with van der Waals surface area (Å²) in [4.78, 5) is 2.57. The molecule has 0 aliphatic carbocycles. The quantitative estimate of drug-likeness (QED) is 0.890. The lowest BCUT2D eigenvalue weighted by molar-refractivity contribution is 0.0721. The Labute approximate surface area is 111 Å². The Morgan fingerprint density at radius 1 is 1.33 bits per heavy atom. The highest BCUT2D eigenvalue weighted by atomic mass is 16.3. The van der Waals surface area contributed by atoms with E-state index in [1.807, 2.05) is 6.07 Å². The average molecular weight is 250 g/mol. The zero-order chi connectivity index (χ0) is 13.1. The SMILES string of the molecule is CC(C)C1CN(Cc2ccco2)C(C(C)C)CN1. The van der Waals surface area contributed by atoms with Crippen LogP contribution in [0, 0.1) is 11.8 Å². The molecule has 102 valence electrons. The van der Waals surface area contributed by atoms with Crippen molar-refractivity contribution < 1.29 is 4.42 Å². The van der Waals surface area contributed by atoms with Crippen molar-refractivity contribution in [3.8, 4) is 0 Å². The van der Waals surface area contributed by atoms with E-state index in [1.165, 1.54) is 0 Å². The Hall–Kier alpha value is -0.800. The molecule has 0 amide bonds. The summed E-state index contributed by atoms with van der Waals surface area (Å²) in [5, 5.41) is 3.69. The van der Waals surface area contributed by atoms with Gasteiger partial charge in [0.25, 0.3) is 0 Å². The van der Waals surface area contributed by atoms with Crippen LogP contribution in [-0.2, 0) is 6.54 Å². The zero-order valence-corrected chi connectivity index (χ0v) is 12.0. The maximum atomic E-state index is 5.50.